The topological polar surface area (TPSA) is 77.4 Å². The van der Waals surface area contributed by atoms with Gasteiger partial charge in [0.25, 0.3) is 0 Å². The van der Waals surface area contributed by atoms with Crippen molar-refractivity contribution >= 4 is 10.1 Å². The molecular weight excluding hydrogens is 387 g/mol. The maximum atomic E-state index is 11.2. The first-order valence-corrected chi connectivity index (χ1v) is 12.5. The van der Waals surface area contributed by atoms with Crippen molar-refractivity contribution in [3.8, 4) is 0 Å². The molecule has 0 bridgehead atoms. The monoisotopic (exact) mass is 430 g/mol. The van der Waals surface area contributed by atoms with Crippen LogP contribution in [0.5, 0.6) is 0 Å². The second-order valence-corrected chi connectivity index (χ2v) is 9.46. The summed E-state index contributed by atoms with van der Waals surface area (Å²) in [5, 5.41) is 9.28. The Kier molecular flexibility index (Phi) is 23.6. The van der Waals surface area contributed by atoms with E-state index in [2.05, 4.69) is 6.92 Å². The number of hydrogen-bond donors (Lipinski definition) is 1. The molecule has 0 aliphatic heterocycles. The van der Waals surface area contributed by atoms with Crippen LogP contribution in [0.1, 0.15) is 123 Å². The first kappa shape index (κ1) is 30.7. The number of hydrogen-bond acceptors (Lipinski definition) is 4. The molecule has 0 spiro atoms. The summed E-state index contributed by atoms with van der Waals surface area (Å²) in [7, 11) is -4.17. The summed E-state index contributed by atoms with van der Waals surface area (Å²) in [6.45, 7) is 4.14. The molecule has 2 unspecified atom stereocenters. The Bertz CT molecular complexity index is 401. The van der Waals surface area contributed by atoms with Crippen molar-refractivity contribution in [1.82, 2.24) is 0 Å². The zero-order chi connectivity index (χ0) is 19.7. The molecule has 0 fully saturated rings. The van der Waals surface area contributed by atoms with Crippen LogP contribution in [-0.4, -0.2) is 29.4 Å². The van der Waals surface area contributed by atoms with Crippen molar-refractivity contribution in [1.29, 1.82) is 0 Å². The van der Waals surface area contributed by atoms with Crippen LogP contribution in [-0.2, 0) is 10.1 Å². The molecule has 158 valence electrons. The van der Waals surface area contributed by atoms with Crippen LogP contribution in [0.15, 0.2) is 0 Å². The Morgan fingerprint density at radius 1 is 0.667 bits per heavy atom. The second-order valence-electron chi connectivity index (χ2n) is 7.81. The summed E-state index contributed by atoms with van der Waals surface area (Å²) in [5.41, 5.74) is 0. The number of rotatable bonds is 19. The van der Waals surface area contributed by atoms with Crippen LogP contribution in [0.2, 0.25) is 0 Å². The van der Waals surface area contributed by atoms with Crippen LogP contribution in [0.3, 0.4) is 0 Å². The summed E-state index contributed by atoms with van der Waals surface area (Å²) in [4.78, 5) is 0. The first-order valence-electron chi connectivity index (χ1n) is 11.0. The Balaban J connectivity index is 0. The van der Waals surface area contributed by atoms with E-state index in [0.29, 0.717) is 25.7 Å². The van der Waals surface area contributed by atoms with Gasteiger partial charge < -0.3 is 9.66 Å². The molecule has 0 aromatic heterocycles. The summed E-state index contributed by atoms with van der Waals surface area (Å²) in [6, 6.07) is 0. The van der Waals surface area contributed by atoms with Gasteiger partial charge in [0.1, 0.15) is 0 Å². The maximum Gasteiger partial charge on any atom is 1.00 e. The van der Waals surface area contributed by atoms with Gasteiger partial charge in [0.2, 0.25) is 0 Å². The Morgan fingerprint density at radius 2 is 1.07 bits per heavy atom. The standard InChI is InChI=1S/C21H44O4S.K/c1-3-5-6-7-8-9-10-11-12-13-17-20(22)18-14-15-19-21(16-4-2)26(23,24)25;/h20-22H,3-19H2,1-2H3,(H,23,24,25);/q;+1/p-1. The van der Waals surface area contributed by atoms with Gasteiger partial charge in [-0.3, -0.25) is 0 Å². The van der Waals surface area contributed by atoms with Crippen LogP contribution < -0.4 is 51.4 Å². The number of aliphatic hydroxyl groups is 1. The van der Waals surface area contributed by atoms with Crippen LogP contribution in [0, 0.1) is 0 Å². The molecule has 0 radical (unpaired) electrons. The van der Waals surface area contributed by atoms with E-state index in [1.54, 1.807) is 0 Å². The van der Waals surface area contributed by atoms with Crippen molar-refractivity contribution < 1.29 is 69.5 Å². The van der Waals surface area contributed by atoms with Gasteiger partial charge in [0, 0.05) is 5.25 Å². The van der Waals surface area contributed by atoms with Crippen molar-refractivity contribution in [2.75, 3.05) is 0 Å². The third kappa shape index (κ3) is 20.6. The van der Waals surface area contributed by atoms with Gasteiger partial charge >= 0.3 is 51.4 Å². The minimum atomic E-state index is -4.17. The molecule has 0 saturated carbocycles. The van der Waals surface area contributed by atoms with Crippen molar-refractivity contribution in [2.45, 2.75) is 134 Å². The maximum absolute atomic E-state index is 11.2. The molecule has 2 atom stereocenters. The first-order chi connectivity index (χ1) is 12.4. The van der Waals surface area contributed by atoms with E-state index < -0.39 is 15.4 Å². The van der Waals surface area contributed by atoms with Gasteiger partial charge in [-0.25, -0.2) is 8.42 Å². The molecule has 0 heterocycles. The molecular formula is C21H43KO4S. The predicted molar refractivity (Wildman–Crippen MR) is 109 cm³/mol. The third-order valence-corrected chi connectivity index (χ3v) is 6.51. The smallest absolute Gasteiger partial charge is 0.748 e. The Labute approximate surface area is 211 Å². The van der Waals surface area contributed by atoms with Crippen LogP contribution in [0.25, 0.3) is 0 Å². The molecule has 27 heavy (non-hydrogen) atoms. The van der Waals surface area contributed by atoms with Crippen molar-refractivity contribution in [3.63, 3.8) is 0 Å². The average molecular weight is 431 g/mol. The number of aliphatic hydroxyl groups excluding tert-OH is 1. The normalized spacial score (nSPS) is 13.9. The SMILES string of the molecule is CCCCCCCCCCCCC(O)CCCCC(CCC)S(=O)(=O)[O-].[K+]. The summed E-state index contributed by atoms with van der Waals surface area (Å²) < 4.78 is 33.5. The van der Waals surface area contributed by atoms with E-state index in [0.717, 1.165) is 25.7 Å². The van der Waals surface area contributed by atoms with Crippen molar-refractivity contribution in [3.05, 3.63) is 0 Å². The fourth-order valence-corrected chi connectivity index (χ4v) is 4.50. The zero-order valence-corrected chi connectivity index (χ0v) is 22.2. The van der Waals surface area contributed by atoms with E-state index in [-0.39, 0.29) is 57.5 Å². The van der Waals surface area contributed by atoms with E-state index in [4.69, 9.17) is 0 Å². The van der Waals surface area contributed by atoms with Gasteiger partial charge in [-0.1, -0.05) is 97.3 Å². The average Bonchev–Trinajstić information content (AvgIpc) is 2.58. The van der Waals surface area contributed by atoms with Crippen LogP contribution in [0.4, 0.5) is 0 Å². The minimum Gasteiger partial charge on any atom is -0.748 e. The minimum absolute atomic E-state index is 0. The predicted octanol–water partition coefficient (Wildman–Crippen LogP) is 2.94. The molecule has 0 aliphatic rings. The Hall–Kier alpha value is 1.51. The molecule has 6 heteroatoms. The third-order valence-electron chi connectivity index (χ3n) is 5.22. The molecule has 1 N–H and O–H groups in total. The van der Waals surface area contributed by atoms with E-state index in [1.807, 2.05) is 6.92 Å². The van der Waals surface area contributed by atoms with Gasteiger partial charge in [-0.05, 0) is 25.7 Å². The van der Waals surface area contributed by atoms with E-state index in [1.165, 1.54) is 57.8 Å². The fraction of sp³-hybridized carbons (Fsp3) is 1.00. The molecule has 4 nitrogen and oxygen atoms in total. The molecule has 0 aromatic rings. The van der Waals surface area contributed by atoms with Crippen LogP contribution >= 0.6 is 0 Å². The van der Waals surface area contributed by atoms with E-state index >= 15 is 0 Å². The molecule has 0 rings (SSSR count). The molecule has 0 saturated heterocycles. The molecule has 0 amide bonds. The van der Waals surface area contributed by atoms with E-state index in [9.17, 15) is 18.1 Å². The second kappa shape index (κ2) is 20.8. The fourth-order valence-electron chi connectivity index (χ4n) is 3.52. The summed E-state index contributed by atoms with van der Waals surface area (Å²) in [6.07, 6.45) is 17.4. The zero-order valence-electron chi connectivity index (χ0n) is 18.3. The molecule has 0 aliphatic carbocycles. The Morgan fingerprint density at radius 3 is 1.52 bits per heavy atom. The largest absolute Gasteiger partial charge is 1.00 e. The summed E-state index contributed by atoms with van der Waals surface area (Å²) in [5.74, 6) is 0. The quantitative estimate of drug-likeness (QED) is 0.194. The number of unbranched alkanes of at least 4 members (excludes halogenated alkanes) is 10. The molecule has 0 aromatic carbocycles. The van der Waals surface area contributed by atoms with Gasteiger partial charge in [-0.2, -0.15) is 0 Å². The van der Waals surface area contributed by atoms with Gasteiger partial charge in [0.15, 0.2) is 0 Å². The van der Waals surface area contributed by atoms with Crippen molar-refractivity contribution in [2.24, 2.45) is 0 Å². The van der Waals surface area contributed by atoms with Gasteiger partial charge in [0.05, 0.1) is 16.2 Å². The summed E-state index contributed by atoms with van der Waals surface area (Å²) >= 11 is 0. The van der Waals surface area contributed by atoms with Gasteiger partial charge in [-0.15, -0.1) is 0 Å².